The summed E-state index contributed by atoms with van der Waals surface area (Å²) in [4.78, 5) is 11.8. The lowest BCUT2D eigenvalue weighted by molar-refractivity contribution is 0.0518. The van der Waals surface area contributed by atoms with E-state index in [1.54, 1.807) is 6.20 Å². The van der Waals surface area contributed by atoms with Crippen LogP contribution >= 0.6 is 0 Å². The van der Waals surface area contributed by atoms with Gasteiger partial charge in [0.2, 0.25) is 0 Å². The number of nitrogens with zero attached hydrogens (tertiary/aromatic N) is 1. The van der Waals surface area contributed by atoms with Crippen molar-refractivity contribution in [3.63, 3.8) is 0 Å². The average Bonchev–Trinajstić information content (AvgIpc) is 3.09. The van der Waals surface area contributed by atoms with Crippen LogP contribution in [0.5, 0.6) is 0 Å². The van der Waals surface area contributed by atoms with Crippen molar-refractivity contribution in [2.45, 2.75) is 64.6 Å². The molecule has 1 aromatic heterocycles. The van der Waals surface area contributed by atoms with Crippen molar-refractivity contribution in [3.8, 4) is 0 Å². The van der Waals surface area contributed by atoms with Crippen LogP contribution in [0.25, 0.3) is 0 Å². The Morgan fingerprint density at radius 2 is 2.18 bits per heavy atom. The molecule has 1 amide bonds. The molecule has 1 saturated carbocycles. The summed E-state index contributed by atoms with van der Waals surface area (Å²) in [6.07, 6.45) is 6.39. The molecule has 0 radical (unpaired) electrons. The van der Waals surface area contributed by atoms with Crippen LogP contribution in [0.2, 0.25) is 0 Å². The molecular weight excluding hydrogens is 280 g/mol. The number of aromatic nitrogens is 2. The highest BCUT2D eigenvalue weighted by molar-refractivity contribution is 5.67. The summed E-state index contributed by atoms with van der Waals surface area (Å²) in [7, 11) is 0. The summed E-state index contributed by atoms with van der Waals surface area (Å²) in [5.74, 6) is 0.609. The number of carbonyl (C=O) groups is 1. The lowest BCUT2D eigenvalue weighted by atomic mass is 9.98. The molecule has 0 bridgehead atoms. The van der Waals surface area contributed by atoms with Crippen LogP contribution in [-0.4, -0.2) is 34.5 Å². The second-order valence-electron chi connectivity index (χ2n) is 7.00. The molecule has 6 nitrogen and oxygen atoms in total. The Bertz CT molecular complexity index is 447. The zero-order valence-electron chi connectivity index (χ0n) is 13.8. The molecule has 0 saturated heterocycles. The molecule has 0 aliphatic heterocycles. The molecule has 1 unspecified atom stereocenters. The largest absolute Gasteiger partial charge is 0.444 e. The summed E-state index contributed by atoms with van der Waals surface area (Å²) in [5.41, 5.74) is 0.594. The third kappa shape index (κ3) is 5.67. The maximum absolute atomic E-state index is 11.8. The van der Waals surface area contributed by atoms with Crippen LogP contribution in [0.4, 0.5) is 4.79 Å². The van der Waals surface area contributed by atoms with Gasteiger partial charge in [-0.3, -0.25) is 5.10 Å². The second-order valence-corrected chi connectivity index (χ2v) is 7.00. The number of hydrogen-bond donors (Lipinski definition) is 3. The Balaban J connectivity index is 1.83. The van der Waals surface area contributed by atoms with Crippen LogP contribution in [-0.2, 0) is 11.3 Å². The van der Waals surface area contributed by atoms with Crippen molar-refractivity contribution >= 4 is 6.09 Å². The van der Waals surface area contributed by atoms with E-state index in [-0.39, 0.29) is 12.1 Å². The minimum atomic E-state index is -0.462. The van der Waals surface area contributed by atoms with E-state index in [1.807, 2.05) is 26.8 Å². The zero-order valence-corrected chi connectivity index (χ0v) is 13.8. The number of amides is 1. The van der Waals surface area contributed by atoms with E-state index in [0.717, 1.165) is 12.2 Å². The van der Waals surface area contributed by atoms with Crippen LogP contribution < -0.4 is 10.6 Å². The van der Waals surface area contributed by atoms with Crippen LogP contribution in [0.1, 0.15) is 52.1 Å². The summed E-state index contributed by atoms with van der Waals surface area (Å²) in [6, 6.07) is 2.22. The molecule has 1 aromatic rings. The van der Waals surface area contributed by atoms with Gasteiger partial charge in [-0.2, -0.15) is 5.10 Å². The maximum atomic E-state index is 11.8. The number of nitrogens with one attached hydrogen (secondary N) is 3. The molecule has 124 valence electrons. The summed E-state index contributed by atoms with van der Waals surface area (Å²) in [5, 5.41) is 13.3. The molecule has 6 heteroatoms. The lowest BCUT2D eigenvalue weighted by Gasteiger charge is -2.26. The van der Waals surface area contributed by atoms with E-state index in [2.05, 4.69) is 20.8 Å². The summed E-state index contributed by atoms with van der Waals surface area (Å²) < 4.78 is 5.31. The first-order valence-electron chi connectivity index (χ1n) is 8.12. The second kappa shape index (κ2) is 7.63. The van der Waals surface area contributed by atoms with Crippen molar-refractivity contribution < 1.29 is 9.53 Å². The molecule has 1 atom stereocenters. The maximum Gasteiger partial charge on any atom is 0.407 e. The smallest absolute Gasteiger partial charge is 0.407 e. The van der Waals surface area contributed by atoms with Gasteiger partial charge in [-0.15, -0.1) is 0 Å². The van der Waals surface area contributed by atoms with Crippen molar-refractivity contribution in [3.05, 3.63) is 18.0 Å². The molecular formula is C16H28N4O2. The van der Waals surface area contributed by atoms with Gasteiger partial charge in [0.1, 0.15) is 5.60 Å². The Morgan fingerprint density at radius 1 is 1.45 bits per heavy atom. The molecule has 3 N–H and O–H groups in total. The van der Waals surface area contributed by atoms with E-state index in [0.29, 0.717) is 12.5 Å². The molecule has 22 heavy (non-hydrogen) atoms. The van der Waals surface area contributed by atoms with Crippen LogP contribution in [0, 0.1) is 5.92 Å². The minimum Gasteiger partial charge on any atom is -0.444 e. The van der Waals surface area contributed by atoms with Crippen LogP contribution in [0.3, 0.4) is 0 Å². The number of hydrogen-bond acceptors (Lipinski definition) is 4. The Kier molecular flexibility index (Phi) is 5.83. The monoisotopic (exact) mass is 308 g/mol. The van der Waals surface area contributed by atoms with Gasteiger partial charge < -0.3 is 15.4 Å². The van der Waals surface area contributed by atoms with E-state index in [4.69, 9.17) is 4.74 Å². The molecule has 1 aliphatic rings. The van der Waals surface area contributed by atoms with E-state index >= 15 is 0 Å². The molecule has 2 rings (SSSR count). The van der Waals surface area contributed by atoms with E-state index in [9.17, 15) is 4.79 Å². The molecule has 0 aromatic carbocycles. The first-order valence-corrected chi connectivity index (χ1v) is 8.12. The minimum absolute atomic E-state index is 0.262. The van der Waals surface area contributed by atoms with Crippen molar-refractivity contribution in [1.82, 2.24) is 20.8 Å². The first kappa shape index (κ1) is 16.8. The Labute approximate surface area is 132 Å². The third-order valence-corrected chi connectivity index (χ3v) is 3.95. The molecule has 0 spiro atoms. The SMILES string of the molecule is CC(C)(C)OC(=O)NCC(NCc1ccn[nH]1)C1CCCC1. The zero-order chi connectivity index (χ0) is 16.0. The third-order valence-electron chi connectivity index (χ3n) is 3.95. The lowest BCUT2D eigenvalue weighted by Crippen LogP contribution is -2.45. The van der Waals surface area contributed by atoms with Gasteiger partial charge in [-0.25, -0.2) is 4.79 Å². The van der Waals surface area contributed by atoms with Crippen LogP contribution in [0.15, 0.2) is 12.3 Å². The number of H-pyrrole nitrogens is 1. The molecule has 1 fully saturated rings. The predicted octanol–water partition coefficient (Wildman–Crippen LogP) is 2.58. The number of ether oxygens (including phenoxy) is 1. The van der Waals surface area contributed by atoms with E-state index < -0.39 is 5.60 Å². The fraction of sp³-hybridized carbons (Fsp3) is 0.750. The van der Waals surface area contributed by atoms with Crippen molar-refractivity contribution in [1.29, 1.82) is 0 Å². The van der Waals surface area contributed by atoms with Crippen molar-refractivity contribution in [2.24, 2.45) is 5.92 Å². The first-order chi connectivity index (χ1) is 10.4. The Hall–Kier alpha value is -1.56. The van der Waals surface area contributed by atoms with E-state index in [1.165, 1.54) is 25.7 Å². The fourth-order valence-electron chi connectivity index (χ4n) is 2.90. The van der Waals surface area contributed by atoms with Gasteiger partial charge in [0.05, 0.1) is 0 Å². The average molecular weight is 308 g/mol. The summed E-state index contributed by atoms with van der Waals surface area (Å²) in [6.45, 7) is 6.94. The molecule has 1 aliphatic carbocycles. The van der Waals surface area contributed by atoms with Gasteiger partial charge in [-0.05, 0) is 45.6 Å². The highest BCUT2D eigenvalue weighted by atomic mass is 16.6. The van der Waals surface area contributed by atoms with Gasteiger partial charge in [0.15, 0.2) is 0 Å². The number of rotatable bonds is 6. The fourth-order valence-corrected chi connectivity index (χ4v) is 2.90. The standard InChI is InChI=1S/C16H28N4O2/c1-16(2,3)22-15(21)18-11-14(12-6-4-5-7-12)17-10-13-8-9-19-20-13/h8-9,12,14,17H,4-7,10-11H2,1-3H3,(H,18,21)(H,19,20). The normalized spacial score (nSPS) is 17.4. The van der Waals surface area contributed by atoms with Crippen molar-refractivity contribution in [2.75, 3.05) is 6.54 Å². The Morgan fingerprint density at radius 3 is 2.77 bits per heavy atom. The topological polar surface area (TPSA) is 79.0 Å². The predicted molar refractivity (Wildman–Crippen MR) is 85.4 cm³/mol. The highest BCUT2D eigenvalue weighted by Crippen LogP contribution is 2.27. The quantitative estimate of drug-likeness (QED) is 0.754. The number of carbonyl (C=O) groups excluding carboxylic acids is 1. The summed E-state index contributed by atoms with van der Waals surface area (Å²) >= 11 is 0. The number of aromatic amines is 1. The van der Waals surface area contributed by atoms with Gasteiger partial charge in [0, 0.05) is 31.0 Å². The van der Waals surface area contributed by atoms with Gasteiger partial charge in [-0.1, -0.05) is 12.8 Å². The van der Waals surface area contributed by atoms with Gasteiger partial charge >= 0.3 is 6.09 Å². The highest BCUT2D eigenvalue weighted by Gasteiger charge is 2.26. The van der Waals surface area contributed by atoms with Gasteiger partial charge in [0.25, 0.3) is 0 Å². The molecule has 1 heterocycles. The number of alkyl carbamates (subject to hydrolysis) is 1.